The van der Waals surface area contributed by atoms with E-state index < -0.39 is 11.7 Å². The van der Waals surface area contributed by atoms with Gasteiger partial charge in [-0.15, -0.1) is 24.0 Å². The highest BCUT2D eigenvalue weighted by Gasteiger charge is 2.14. The van der Waals surface area contributed by atoms with Gasteiger partial charge in [-0.1, -0.05) is 6.07 Å². The summed E-state index contributed by atoms with van der Waals surface area (Å²) in [5, 5.41) is 4.79. The third-order valence-corrected chi connectivity index (χ3v) is 3.84. The molecule has 1 aromatic carbocycles. The number of amides is 1. The van der Waals surface area contributed by atoms with E-state index in [4.69, 9.17) is 0 Å². The zero-order valence-corrected chi connectivity index (χ0v) is 12.1. The molecule has 0 fully saturated rings. The standard InChI is InChI=1S/C14H14FNOS2/c1-9(7-11-3-2-6-19-11)16-14(17)12-8-10(18)4-5-13(12)15/h2-6,8-9,18H,7H2,1H3,(H,16,17). The van der Waals surface area contributed by atoms with Crippen molar-refractivity contribution in [2.24, 2.45) is 0 Å². The molecule has 0 radical (unpaired) electrons. The van der Waals surface area contributed by atoms with E-state index >= 15 is 0 Å². The number of halogens is 1. The first-order chi connectivity index (χ1) is 9.06. The van der Waals surface area contributed by atoms with Gasteiger partial charge in [0, 0.05) is 22.2 Å². The second-order valence-electron chi connectivity index (χ2n) is 4.32. The number of carbonyl (C=O) groups excluding carboxylic acids is 1. The fraction of sp³-hybridized carbons (Fsp3) is 0.214. The van der Waals surface area contributed by atoms with Crippen molar-refractivity contribution in [1.82, 2.24) is 5.32 Å². The maximum atomic E-state index is 13.6. The van der Waals surface area contributed by atoms with E-state index in [1.54, 1.807) is 11.3 Å². The van der Waals surface area contributed by atoms with E-state index in [0.717, 1.165) is 6.42 Å². The summed E-state index contributed by atoms with van der Waals surface area (Å²) in [5.41, 5.74) is 0.0329. The Morgan fingerprint density at radius 3 is 2.95 bits per heavy atom. The fourth-order valence-corrected chi connectivity index (χ4v) is 2.81. The molecule has 0 saturated carbocycles. The summed E-state index contributed by atoms with van der Waals surface area (Å²) >= 11 is 5.76. The highest BCUT2D eigenvalue weighted by atomic mass is 32.1. The van der Waals surface area contributed by atoms with Crippen molar-refractivity contribution in [2.45, 2.75) is 24.3 Å². The molecule has 1 atom stereocenters. The normalized spacial score (nSPS) is 12.2. The van der Waals surface area contributed by atoms with Gasteiger partial charge in [0.05, 0.1) is 5.56 Å². The van der Waals surface area contributed by atoms with Gasteiger partial charge in [-0.05, 0) is 36.6 Å². The van der Waals surface area contributed by atoms with E-state index in [-0.39, 0.29) is 11.6 Å². The van der Waals surface area contributed by atoms with Crippen LogP contribution in [0.25, 0.3) is 0 Å². The predicted octanol–water partition coefficient (Wildman–Crippen LogP) is 3.54. The summed E-state index contributed by atoms with van der Waals surface area (Å²) in [4.78, 5) is 13.7. The summed E-state index contributed by atoms with van der Waals surface area (Å²) in [5.74, 6) is -0.934. The molecule has 0 saturated heterocycles. The lowest BCUT2D eigenvalue weighted by molar-refractivity contribution is 0.0936. The second-order valence-corrected chi connectivity index (χ2v) is 5.87. The molecule has 1 heterocycles. The fourth-order valence-electron chi connectivity index (χ4n) is 1.77. The highest BCUT2D eigenvalue weighted by Crippen LogP contribution is 2.15. The number of carbonyl (C=O) groups is 1. The predicted molar refractivity (Wildman–Crippen MR) is 78.6 cm³/mol. The molecule has 19 heavy (non-hydrogen) atoms. The van der Waals surface area contributed by atoms with E-state index in [1.165, 1.54) is 23.1 Å². The van der Waals surface area contributed by atoms with Gasteiger partial charge in [0.25, 0.3) is 5.91 Å². The molecule has 0 spiro atoms. The van der Waals surface area contributed by atoms with Gasteiger partial charge in [0.15, 0.2) is 0 Å². The minimum atomic E-state index is -0.529. The summed E-state index contributed by atoms with van der Waals surface area (Å²) in [6.45, 7) is 1.90. The Hall–Kier alpha value is -1.33. The van der Waals surface area contributed by atoms with Crippen LogP contribution in [0.2, 0.25) is 0 Å². The van der Waals surface area contributed by atoms with Crippen LogP contribution in [0.1, 0.15) is 22.2 Å². The first-order valence-corrected chi connectivity index (χ1v) is 7.20. The van der Waals surface area contributed by atoms with Crippen LogP contribution in [0.5, 0.6) is 0 Å². The number of benzene rings is 1. The molecule has 1 unspecified atom stereocenters. The van der Waals surface area contributed by atoms with Gasteiger partial charge in [0.1, 0.15) is 5.82 Å². The summed E-state index contributed by atoms with van der Waals surface area (Å²) < 4.78 is 13.6. The maximum Gasteiger partial charge on any atom is 0.254 e. The van der Waals surface area contributed by atoms with Crippen LogP contribution < -0.4 is 5.32 Å². The van der Waals surface area contributed by atoms with E-state index in [0.29, 0.717) is 4.90 Å². The van der Waals surface area contributed by atoms with Crippen LogP contribution in [0.3, 0.4) is 0 Å². The largest absolute Gasteiger partial charge is 0.349 e. The number of nitrogens with one attached hydrogen (secondary N) is 1. The zero-order chi connectivity index (χ0) is 13.8. The van der Waals surface area contributed by atoms with Crippen molar-refractivity contribution in [2.75, 3.05) is 0 Å². The molecule has 1 amide bonds. The molecule has 5 heteroatoms. The van der Waals surface area contributed by atoms with Gasteiger partial charge in [0.2, 0.25) is 0 Å². The monoisotopic (exact) mass is 295 g/mol. The second kappa shape index (κ2) is 6.21. The Bertz CT molecular complexity index is 569. The molecule has 1 N–H and O–H groups in total. The minimum Gasteiger partial charge on any atom is -0.349 e. The number of thiol groups is 1. The molecule has 2 rings (SSSR count). The van der Waals surface area contributed by atoms with Crippen LogP contribution >= 0.6 is 24.0 Å². The van der Waals surface area contributed by atoms with E-state index in [9.17, 15) is 9.18 Å². The molecular weight excluding hydrogens is 281 g/mol. The lowest BCUT2D eigenvalue weighted by Crippen LogP contribution is -2.34. The van der Waals surface area contributed by atoms with Crippen molar-refractivity contribution < 1.29 is 9.18 Å². The van der Waals surface area contributed by atoms with Crippen molar-refractivity contribution >= 4 is 29.9 Å². The Morgan fingerprint density at radius 1 is 1.47 bits per heavy atom. The third kappa shape index (κ3) is 3.81. The number of thiophene rings is 1. The summed E-state index contributed by atoms with van der Waals surface area (Å²) in [6.07, 6.45) is 0.742. The Balaban J connectivity index is 2.02. The van der Waals surface area contributed by atoms with E-state index in [2.05, 4.69) is 17.9 Å². The van der Waals surface area contributed by atoms with Crippen LogP contribution in [0, 0.1) is 5.82 Å². The lowest BCUT2D eigenvalue weighted by Gasteiger charge is -2.13. The molecule has 2 aromatic rings. The topological polar surface area (TPSA) is 29.1 Å². The van der Waals surface area contributed by atoms with E-state index in [1.807, 2.05) is 24.4 Å². The molecule has 100 valence electrons. The van der Waals surface area contributed by atoms with Gasteiger partial charge in [-0.3, -0.25) is 4.79 Å². The maximum absolute atomic E-state index is 13.6. The highest BCUT2D eigenvalue weighted by molar-refractivity contribution is 7.80. The lowest BCUT2D eigenvalue weighted by atomic mass is 10.1. The average molecular weight is 295 g/mol. The molecule has 1 aromatic heterocycles. The molecule has 0 aliphatic rings. The van der Waals surface area contributed by atoms with Gasteiger partial charge < -0.3 is 5.32 Å². The SMILES string of the molecule is CC(Cc1cccs1)NC(=O)c1cc(S)ccc1F. The van der Waals surface area contributed by atoms with Gasteiger partial charge in [-0.25, -0.2) is 4.39 Å². The first-order valence-electron chi connectivity index (χ1n) is 5.88. The van der Waals surface area contributed by atoms with Crippen LogP contribution in [0.15, 0.2) is 40.6 Å². The van der Waals surface area contributed by atoms with Crippen LogP contribution in [0.4, 0.5) is 4.39 Å². The zero-order valence-electron chi connectivity index (χ0n) is 10.4. The number of hydrogen-bond acceptors (Lipinski definition) is 3. The molecule has 0 aliphatic heterocycles. The minimum absolute atomic E-state index is 0.0329. The van der Waals surface area contributed by atoms with Crippen molar-refractivity contribution in [3.63, 3.8) is 0 Å². The first kappa shape index (κ1) is 14.1. The number of rotatable bonds is 4. The summed E-state index contributed by atoms with van der Waals surface area (Å²) in [7, 11) is 0. The Labute approximate surface area is 121 Å². The van der Waals surface area contributed by atoms with Crippen LogP contribution in [-0.2, 0) is 6.42 Å². The van der Waals surface area contributed by atoms with Gasteiger partial charge in [-0.2, -0.15) is 0 Å². The summed E-state index contributed by atoms with van der Waals surface area (Å²) in [6, 6.07) is 8.15. The molecule has 0 aliphatic carbocycles. The van der Waals surface area contributed by atoms with Crippen LogP contribution in [-0.4, -0.2) is 11.9 Å². The number of hydrogen-bond donors (Lipinski definition) is 2. The van der Waals surface area contributed by atoms with Gasteiger partial charge >= 0.3 is 0 Å². The third-order valence-electron chi connectivity index (χ3n) is 2.66. The Kier molecular flexibility index (Phi) is 4.61. The Morgan fingerprint density at radius 2 is 2.26 bits per heavy atom. The average Bonchev–Trinajstić information content (AvgIpc) is 2.84. The quantitative estimate of drug-likeness (QED) is 0.830. The van der Waals surface area contributed by atoms with Crippen molar-refractivity contribution in [3.05, 3.63) is 52.0 Å². The van der Waals surface area contributed by atoms with Crippen molar-refractivity contribution in [1.29, 1.82) is 0 Å². The molecule has 2 nitrogen and oxygen atoms in total. The molecular formula is C14H14FNOS2. The smallest absolute Gasteiger partial charge is 0.254 e. The molecule has 0 bridgehead atoms. The van der Waals surface area contributed by atoms with Crippen molar-refractivity contribution in [3.8, 4) is 0 Å².